The monoisotopic (exact) mass is 183 g/mol. The fourth-order valence-corrected chi connectivity index (χ4v) is 0.764. The van der Waals surface area contributed by atoms with Gasteiger partial charge in [0.2, 0.25) is 5.91 Å². The van der Waals surface area contributed by atoms with E-state index in [0.29, 0.717) is 6.42 Å². The van der Waals surface area contributed by atoms with E-state index < -0.39 is 0 Å². The van der Waals surface area contributed by atoms with E-state index in [9.17, 15) is 4.79 Å². The molecule has 0 aliphatic carbocycles. The van der Waals surface area contributed by atoms with Gasteiger partial charge in [0.25, 0.3) is 0 Å². The Kier molecular flexibility index (Phi) is 5.68. The Morgan fingerprint density at radius 3 is 2.62 bits per heavy atom. The fourth-order valence-electron chi connectivity index (χ4n) is 0.764. The van der Waals surface area contributed by atoms with E-state index in [2.05, 4.69) is 5.32 Å². The Morgan fingerprint density at radius 2 is 2.15 bits per heavy atom. The van der Waals surface area contributed by atoms with Crippen molar-refractivity contribution >= 4 is 5.91 Å². The van der Waals surface area contributed by atoms with Crippen LogP contribution >= 0.6 is 0 Å². The number of allylic oxidation sites excluding steroid dienone is 2. The van der Waals surface area contributed by atoms with Gasteiger partial charge >= 0.3 is 0 Å². The van der Waals surface area contributed by atoms with Gasteiger partial charge in [0.05, 0.1) is 0 Å². The predicted molar refractivity (Wildman–Crippen MR) is 53.4 cm³/mol. The van der Waals surface area contributed by atoms with E-state index in [-0.39, 0.29) is 17.7 Å². The van der Waals surface area contributed by atoms with Gasteiger partial charge in [0, 0.05) is 12.5 Å². The van der Waals surface area contributed by atoms with Gasteiger partial charge in [-0.05, 0) is 32.9 Å². The van der Waals surface area contributed by atoms with E-state index >= 15 is 0 Å². The summed E-state index contributed by atoms with van der Waals surface area (Å²) in [6.07, 6.45) is 5.01. The molecule has 0 unspecified atom stereocenters. The van der Waals surface area contributed by atoms with E-state index in [0.717, 1.165) is 0 Å². The summed E-state index contributed by atoms with van der Waals surface area (Å²) >= 11 is 0. The van der Waals surface area contributed by atoms with Crippen LogP contribution in [0.15, 0.2) is 24.0 Å². The maximum Gasteiger partial charge on any atom is 0.224 e. The SMILES string of the molecule is C/C=C(O)\C=C/CC(=O)NC(C)C. The molecule has 3 heteroatoms. The number of nitrogens with one attached hydrogen (secondary N) is 1. The number of hydrogen-bond donors (Lipinski definition) is 2. The highest BCUT2D eigenvalue weighted by Crippen LogP contribution is 1.92. The van der Waals surface area contributed by atoms with E-state index in [1.807, 2.05) is 13.8 Å². The molecule has 0 aromatic carbocycles. The van der Waals surface area contributed by atoms with Crippen LogP contribution in [0.5, 0.6) is 0 Å². The lowest BCUT2D eigenvalue weighted by atomic mass is 10.3. The summed E-state index contributed by atoms with van der Waals surface area (Å²) in [6, 6.07) is 0.163. The topological polar surface area (TPSA) is 49.3 Å². The average molecular weight is 183 g/mol. The van der Waals surface area contributed by atoms with Gasteiger partial charge in [-0.3, -0.25) is 4.79 Å². The molecule has 0 aliphatic rings. The van der Waals surface area contributed by atoms with Gasteiger partial charge < -0.3 is 10.4 Å². The van der Waals surface area contributed by atoms with Crippen molar-refractivity contribution in [1.29, 1.82) is 0 Å². The van der Waals surface area contributed by atoms with Crippen LogP contribution < -0.4 is 5.32 Å². The van der Waals surface area contributed by atoms with Crippen molar-refractivity contribution in [3.8, 4) is 0 Å². The van der Waals surface area contributed by atoms with Gasteiger partial charge in [-0.1, -0.05) is 6.08 Å². The Labute approximate surface area is 79.2 Å². The lowest BCUT2D eigenvalue weighted by Gasteiger charge is -2.05. The van der Waals surface area contributed by atoms with Gasteiger partial charge in [0.1, 0.15) is 5.76 Å². The van der Waals surface area contributed by atoms with Crippen molar-refractivity contribution in [3.63, 3.8) is 0 Å². The van der Waals surface area contributed by atoms with Crippen LogP contribution in [0.1, 0.15) is 27.2 Å². The van der Waals surface area contributed by atoms with E-state index in [4.69, 9.17) is 5.11 Å². The van der Waals surface area contributed by atoms with E-state index in [1.54, 1.807) is 19.1 Å². The predicted octanol–water partition coefficient (Wildman–Crippen LogP) is 1.92. The molecule has 0 aliphatic heterocycles. The minimum absolute atomic E-state index is 0.0323. The number of amides is 1. The molecule has 0 atom stereocenters. The van der Waals surface area contributed by atoms with Crippen LogP contribution in [0.4, 0.5) is 0 Å². The van der Waals surface area contributed by atoms with Crippen molar-refractivity contribution in [2.45, 2.75) is 33.2 Å². The van der Waals surface area contributed by atoms with Crippen molar-refractivity contribution in [2.24, 2.45) is 0 Å². The summed E-state index contributed by atoms with van der Waals surface area (Å²) in [5.41, 5.74) is 0. The van der Waals surface area contributed by atoms with Gasteiger partial charge in [-0.25, -0.2) is 0 Å². The normalized spacial score (nSPS) is 12.5. The zero-order valence-electron chi connectivity index (χ0n) is 8.37. The first-order valence-electron chi connectivity index (χ1n) is 4.37. The van der Waals surface area contributed by atoms with E-state index in [1.165, 1.54) is 6.08 Å². The third kappa shape index (κ3) is 7.12. The molecule has 2 N–H and O–H groups in total. The second kappa shape index (κ2) is 6.29. The highest BCUT2D eigenvalue weighted by molar-refractivity contribution is 5.77. The number of carbonyl (C=O) groups excluding carboxylic acids is 1. The molecule has 1 amide bonds. The van der Waals surface area contributed by atoms with Crippen LogP contribution in [0.3, 0.4) is 0 Å². The summed E-state index contributed by atoms with van der Waals surface area (Å²) in [5.74, 6) is 0.146. The second-order valence-corrected chi connectivity index (χ2v) is 3.04. The molecule has 3 nitrogen and oxygen atoms in total. The molecule has 0 saturated carbocycles. The van der Waals surface area contributed by atoms with Gasteiger partial charge in [-0.2, -0.15) is 0 Å². The zero-order chi connectivity index (χ0) is 10.3. The molecule has 0 rings (SSSR count). The Balaban J connectivity index is 3.76. The molecule has 0 aromatic heterocycles. The summed E-state index contributed by atoms with van der Waals surface area (Å²) in [4.78, 5) is 11.1. The largest absolute Gasteiger partial charge is 0.508 e. The molecule has 0 spiro atoms. The van der Waals surface area contributed by atoms with Gasteiger partial charge in [-0.15, -0.1) is 0 Å². The first-order valence-corrected chi connectivity index (χ1v) is 4.37. The molecule has 0 radical (unpaired) electrons. The standard InChI is InChI=1S/C10H17NO2/c1-4-9(12)6-5-7-10(13)11-8(2)3/h4-6,8,12H,7H2,1-3H3,(H,11,13)/b6-5-,9-4+. The van der Waals surface area contributed by atoms with Crippen molar-refractivity contribution in [2.75, 3.05) is 0 Å². The number of aliphatic hydroxyl groups excluding tert-OH is 1. The summed E-state index contributed by atoms with van der Waals surface area (Å²) in [5, 5.41) is 11.7. The Bertz CT molecular complexity index is 217. The smallest absolute Gasteiger partial charge is 0.224 e. The number of aliphatic hydroxyl groups is 1. The maximum absolute atomic E-state index is 11.1. The highest BCUT2D eigenvalue weighted by atomic mass is 16.3. The maximum atomic E-state index is 11.1. The highest BCUT2D eigenvalue weighted by Gasteiger charge is 1.98. The van der Waals surface area contributed by atoms with Crippen LogP contribution in [0.2, 0.25) is 0 Å². The first kappa shape index (κ1) is 11.8. The molecule has 0 bridgehead atoms. The number of carbonyl (C=O) groups is 1. The lowest BCUT2D eigenvalue weighted by molar-refractivity contribution is -0.120. The van der Waals surface area contributed by atoms with Crippen LogP contribution in [0, 0.1) is 0 Å². The molecular formula is C10H17NO2. The quantitative estimate of drug-likeness (QED) is 0.516. The lowest BCUT2D eigenvalue weighted by Crippen LogP contribution is -2.29. The second-order valence-electron chi connectivity index (χ2n) is 3.04. The minimum Gasteiger partial charge on any atom is -0.508 e. The average Bonchev–Trinajstić information content (AvgIpc) is 2.02. The van der Waals surface area contributed by atoms with Crippen molar-refractivity contribution in [1.82, 2.24) is 5.32 Å². The Hall–Kier alpha value is -1.25. The van der Waals surface area contributed by atoms with Crippen molar-refractivity contribution < 1.29 is 9.90 Å². The molecule has 0 aromatic rings. The minimum atomic E-state index is -0.0323. The number of hydrogen-bond acceptors (Lipinski definition) is 2. The summed E-state index contributed by atoms with van der Waals surface area (Å²) in [7, 11) is 0. The summed E-state index contributed by atoms with van der Waals surface area (Å²) < 4.78 is 0. The first-order chi connectivity index (χ1) is 6.06. The molecule has 0 fully saturated rings. The van der Waals surface area contributed by atoms with Crippen LogP contribution in [-0.2, 0) is 4.79 Å². The molecular weight excluding hydrogens is 166 g/mol. The van der Waals surface area contributed by atoms with Crippen molar-refractivity contribution in [3.05, 3.63) is 24.0 Å². The number of rotatable bonds is 4. The third-order valence-corrected chi connectivity index (χ3v) is 1.34. The van der Waals surface area contributed by atoms with Crippen LogP contribution in [0.25, 0.3) is 0 Å². The van der Waals surface area contributed by atoms with Gasteiger partial charge in [0.15, 0.2) is 0 Å². The third-order valence-electron chi connectivity index (χ3n) is 1.34. The zero-order valence-corrected chi connectivity index (χ0v) is 8.37. The Morgan fingerprint density at radius 1 is 1.54 bits per heavy atom. The molecule has 74 valence electrons. The van der Waals surface area contributed by atoms with Crippen LogP contribution in [-0.4, -0.2) is 17.1 Å². The molecule has 13 heavy (non-hydrogen) atoms. The fraction of sp³-hybridized carbons (Fsp3) is 0.500. The molecule has 0 saturated heterocycles. The summed E-state index contributed by atoms with van der Waals surface area (Å²) in [6.45, 7) is 5.55. The molecule has 0 heterocycles.